The molecule has 1 aliphatic heterocycles. The maximum Gasteiger partial charge on any atom is 0.328 e. The van der Waals surface area contributed by atoms with Gasteiger partial charge in [-0.3, -0.25) is 9.78 Å². The van der Waals surface area contributed by atoms with E-state index in [4.69, 9.17) is 14.9 Å². The van der Waals surface area contributed by atoms with E-state index in [0.717, 1.165) is 28.0 Å². The zero-order chi connectivity index (χ0) is 29.1. The van der Waals surface area contributed by atoms with Crippen LogP contribution in [0.2, 0.25) is 0 Å². The Labute approximate surface area is 232 Å². The van der Waals surface area contributed by atoms with Gasteiger partial charge in [-0.1, -0.05) is 0 Å². The Kier molecular flexibility index (Phi) is 10.5. The van der Waals surface area contributed by atoms with Crippen LogP contribution in [-0.4, -0.2) is 70.8 Å². The molecule has 4 rings (SSSR count). The molecule has 0 saturated carbocycles. The molecule has 210 valence electrons. The van der Waals surface area contributed by atoms with Crippen LogP contribution >= 0.6 is 0 Å². The van der Waals surface area contributed by atoms with E-state index in [1.165, 1.54) is 38.1 Å². The number of quaternary nitrogens is 1. The van der Waals surface area contributed by atoms with Gasteiger partial charge in [0.05, 0.1) is 38.9 Å². The van der Waals surface area contributed by atoms with E-state index in [-0.39, 0.29) is 11.7 Å². The minimum atomic E-state index is -1.26. The largest absolute Gasteiger partial charge is 0.478 e. The molecule has 2 heterocycles. The molecule has 2 aromatic carbocycles. The van der Waals surface area contributed by atoms with Crippen LogP contribution in [0.15, 0.2) is 72.8 Å². The molecule has 1 saturated heterocycles. The second-order valence-electron chi connectivity index (χ2n) is 9.73. The molecule has 0 atom stereocenters. The van der Waals surface area contributed by atoms with Gasteiger partial charge in [0.25, 0.3) is 5.91 Å². The number of aliphatic carboxylic acids is 2. The van der Waals surface area contributed by atoms with Crippen LogP contribution in [0.3, 0.4) is 0 Å². The van der Waals surface area contributed by atoms with Gasteiger partial charge >= 0.3 is 11.9 Å². The third-order valence-corrected chi connectivity index (χ3v) is 6.37. The third-order valence-electron chi connectivity index (χ3n) is 6.37. The van der Waals surface area contributed by atoms with E-state index in [2.05, 4.69) is 17.3 Å². The molecule has 0 spiro atoms. The molecule has 3 aromatic rings. The van der Waals surface area contributed by atoms with Gasteiger partial charge in [0.2, 0.25) is 0 Å². The predicted molar refractivity (Wildman–Crippen MR) is 148 cm³/mol. The molecule has 1 aromatic heterocycles. The van der Waals surface area contributed by atoms with Crippen molar-refractivity contribution in [2.75, 3.05) is 33.2 Å². The zero-order valence-corrected chi connectivity index (χ0v) is 22.5. The Morgan fingerprint density at radius 2 is 1.50 bits per heavy atom. The summed E-state index contributed by atoms with van der Waals surface area (Å²) in [5, 5.41) is 18.7. The number of rotatable bonds is 9. The first-order chi connectivity index (χ1) is 19.0. The van der Waals surface area contributed by atoms with Crippen molar-refractivity contribution >= 4 is 17.8 Å². The number of halogens is 1. The Bertz CT molecular complexity index is 1330. The summed E-state index contributed by atoms with van der Waals surface area (Å²) in [4.78, 5) is 36.5. The van der Waals surface area contributed by atoms with Crippen molar-refractivity contribution in [1.82, 2.24) is 10.3 Å². The highest BCUT2D eigenvalue weighted by atomic mass is 19.1. The smallest absolute Gasteiger partial charge is 0.328 e. The summed E-state index contributed by atoms with van der Waals surface area (Å²) >= 11 is 0. The summed E-state index contributed by atoms with van der Waals surface area (Å²) in [6, 6.07) is 17.0. The number of ether oxygens (including phenoxy) is 1. The van der Waals surface area contributed by atoms with Gasteiger partial charge in [-0.05, 0) is 67.6 Å². The van der Waals surface area contributed by atoms with Crippen molar-refractivity contribution in [1.29, 1.82) is 0 Å². The van der Waals surface area contributed by atoms with Crippen molar-refractivity contribution in [3.05, 3.63) is 89.9 Å². The lowest BCUT2D eigenvalue weighted by atomic mass is 10.1. The number of nitrogens with one attached hydrogen (secondary N) is 1. The number of aryl methyl sites for hydroxylation is 1. The van der Waals surface area contributed by atoms with Crippen LogP contribution in [0.4, 0.5) is 4.39 Å². The standard InChI is InChI=1S/C26H28FN3O2.C4H4O4/c1-19-17-21(26(31)28-13-16-30(2)14-3-4-15-30)18-25(29-19)20-5-9-23(10-6-20)32-24-11-7-22(27)8-12-24;5-3(6)1-2-4(7)8/h5-12,17-18H,3-4,13-16H2,1-2H3;1-2H,(H,5,6)(H,7,8)/p+1/b;2-1-. The summed E-state index contributed by atoms with van der Waals surface area (Å²) in [6.45, 7) is 5.90. The van der Waals surface area contributed by atoms with Gasteiger partial charge in [0.15, 0.2) is 0 Å². The molecular weight excluding hydrogens is 517 g/mol. The number of carbonyl (C=O) groups is 3. The molecule has 1 fully saturated rings. The number of carbonyl (C=O) groups excluding carboxylic acids is 1. The van der Waals surface area contributed by atoms with Gasteiger partial charge in [0, 0.05) is 41.8 Å². The highest BCUT2D eigenvalue weighted by Crippen LogP contribution is 2.26. The topological polar surface area (TPSA) is 126 Å². The molecule has 40 heavy (non-hydrogen) atoms. The molecule has 10 heteroatoms. The van der Waals surface area contributed by atoms with Gasteiger partial charge in [-0.25, -0.2) is 14.0 Å². The number of aromatic nitrogens is 1. The predicted octanol–water partition coefficient (Wildman–Crippen LogP) is 4.67. The van der Waals surface area contributed by atoms with Crippen LogP contribution in [0.25, 0.3) is 11.3 Å². The summed E-state index contributed by atoms with van der Waals surface area (Å²) in [5.41, 5.74) is 3.03. The fourth-order valence-corrected chi connectivity index (χ4v) is 4.29. The number of hydrogen-bond donors (Lipinski definition) is 3. The number of carboxylic acids is 2. The Balaban J connectivity index is 0.000000482. The highest BCUT2D eigenvalue weighted by Gasteiger charge is 2.26. The SMILES string of the molecule is Cc1cc(C(=O)NCC[N+]2(C)CCCC2)cc(-c2ccc(Oc3ccc(F)cc3)cc2)n1.O=C(O)/C=C\C(=O)O. The summed E-state index contributed by atoms with van der Waals surface area (Å²) in [6.07, 6.45) is 3.65. The Morgan fingerprint density at radius 3 is 2.05 bits per heavy atom. The Morgan fingerprint density at radius 1 is 0.950 bits per heavy atom. The van der Waals surface area contributed by atoms with Gasteiger partial charge in [0.1, 0.15) is 17.3 Å². The van der Waals surface area contributed by atoms with E-state index in [1.54, 1.807) is 12.1 Å². The van der Waals surface area contributed by atoms with Crippen LogP contribution < -0.4 is 10.1 Å². The van der Waals surface area contributed by atoms with Crippen LogP contribution in [0.1, 0.15) is 28.9 Å². The number of nitrogens with zero attached hydrogens (tertiary/aromatic N) is 2. The minimum Gasteiger partial charge on any atom is -0.478 e. The zero-order valence-electron chi connectivity index (χ0n) is 22.5. The number of hydrogen-bond acceptors (Lipinski definition) is 5. The summed E-state index contributed by atoms with van der Waals surface area (Å²) in [5.74, 6) is -1.68. The molecule has 1 aliphatic rings. The number of likely N-dealkylation sites (tertiary alicyclic amines) is 1. The van der Waals surface area contributed by atoms with E-state index >= 15 is 0 Å². The first kappa shape index (κ1) is 30.0. The van der Waals surface area contributed by atoms with Crippen LogP contribution in [-0.2, 0) is 9.59 Å². The number of pyridine rings is 1. The molecule has 0 unspecified atom stereocenters. The minimum absolute atomic E-state index is 0.0705. The Hall–Kier alpha value is -4.57. The van der Waals surface area contributed by atoms with Gasteiger partial charge in [-0.15, -0.1) is 0 Å². The molecule has 3 N–H and O–H groups in total. The quantitative estimate of drug-likeness (QED) is 0.261. The summed E-state index contributed by atoms with van der Waals surface area (Å²) < 4.78 is 19.8. The van der Waals surface area contributed by atoms with Crippen LogP contribution in [0, 0.1) is 12.7 Å². The highest BCUT2D eigenvalue weighted by molar-refractivity contribution is 5.95. The second kappa shape index (κ2) is 14.0. The lowest BCUT2D eigenvalue weighted by molar-refractivity contribution is -0.896. The normalized spacial score (nSPS) is 13.8. The van der Waals surface area contributed by atoms with E-state index in [9.17, 15) is 18.8 Å². The number of likely N-dealkylation sites (N-methyl/N-ethyl adjacent to an activating group) is 1. The summed E-state index contributed by atoms with van der Waals surface area (Å²) in [7, 11) is 2.26. The second-order valence-corrected chi connectivity index (χ2v) is 9.73. The number of benzene rings is 2. The lowest BCUT2D eigenvalue weighted by Gasteiger charge is -2.29. The third kappa shape index (κ3) is 9.63. The van der Waals surface area contributed by atoms with Crippen molar-refractivity contribution in [3.63, 3.8) is 0 Å². The van der Waals surface area contributed by atoms with Crippen molar-refractivity contribution in [3.8, 4) is 22.8 Å². The lowest BCUT2D eigenvalue weighted by Crippen LogP contribution is -2.46. The molecule has 0 aliphatic carbocycles. The maximum absolute atomic E-state index is 13.1. The molecule has 9 nitrogen and oxygen atoms in total. The first-order valence-corrected chi connectivity index (χ1v) is 12.8. The maximum atomic E-state index is 13.1. The molecule has 0 radical (unpaired) electrons. The fourth-order valence-electron chi connectivity index (χ4n) is 4.29. The van der Waals surface area contributed by atoms with Crippen molar-refractivity contribution in [2.24, 2.45) is 0 Å². The van der Waals surface area contributed by atoms with E-state index in [0.29, 0.717) is 35.8 Å². The van der Waals surface area contributed by atoms with Crippen LogP contribution in [0.5, 0.6) is 11.5 Å². The fraction of sp³-hybridized carbons (Fsp3) is 0.267. The van der Waals surface area contributed by atoms with E-state index < -0.39 is 11.9 Å². The van der Waals surface area contributed by atoms with Crippen molar-refractivity contribution < 1.29 is 38.2 Å². The average molecular weight is 551 g/mol. The first-order valence-electron chi connectivity index (χ1n) is 12.8. The molecular formula is C30H33FN3O6+. The molecule has 0 bridgehead atoms. The van der Waals surface area contributed by atoms with Gasteiger partial charge < -0.3 is 24.7 Å². The number of carboxylic acid groups (broad SMARTS) is 2. The monoisotopic (exact) mass is 550 g/mol. The number of amides is 1. The van der Waals surface area contributed by atoms with Gasteiger partial charge in [-0.2, -0.15) is 0 Å². The average Bonchev–Trinajstić information content (AvgIpc) is 3.35. The van der Waals surface area contributed by atoms with Crippen molar-refractivity contribution in [2.45, 2.75) is 19.8 Å². The molecule has 1 amide bonds. The van der Waals surface area contributed by atoms with E-state index in [1.807, 2.05) is 43.3 Å².